The van der Waals surface area contributed by atoms with E-state index < -0.39 is 23.3 Å². The molecule has 1 aliphatic rings. The van der Waals surface area contributed by atoms with Crippen LogP contribution in [0.3, 0.4) is 0 Å². The number of halogens is 1. The van der Waals surface area contributed by atoms with Crippen molar-refractivity contribution in [1.82, 2.24) is 10.6 Å². The van der Waals surface area contributed by atoms with E-state index in [9.17, 15) is 14.4 Å². The molecule has 1 unspecified atom stereocenters. The Hall–Kier alpha value is -3.63. The first-order chi connectivity index (χ1) is 15.3. The SMILES string of the molecule is CNC(=O)C1=NCNC1(C(N)=O)c1ccc(NC(=O)c2cc(OC)c(OC)cc2Cl)cc1. The van der Waals surface area contributed by atoms with E-state index in [0.29, 0.717) is 22.7 Å². The summed E-state index contributed by atoms with van der Waals surface area (Å²) < 4.78 is 10.4. The van der Waals surface area contributed by atoms with Crippen molar-refractivity contribution in [2.75, 3.05) is 33.3 Å². The third-order valence-corrected chi connectivity index (χ3v) is 5.35. The van der Waals surface area contributed by atoms with Gasteiger partial charge in [-0.15, -0.1) is 0 Å². The zero-order valence-electron chi connectivity index (χ0n) is 17.6. The van der Waals surface area contributed by atoms with Gasteiger partial charge in [0.2, 0.25) is 5.91 Å². The molecular weight excluding hydrogens is 438 g/mol. The number of carbonyl (C=O) groups is 3. The molecule has 1 heterocycles. The third kappa shape index (κ3) is 3.97. The van der Waals surface area contributed by atoms with E-state index in [2.05, 4.69) is 20.9 Å². The topological polar surface area (TPSA) is 144 Å². The monoisotopic (exact) mass is 459 g/mol. The van der Waals surface area contributed by atoms with Crippen LogP contribution in [0.25, 0.3) is 0 Å². The van der Waals surface area contributed by atoms with Gasteiger partial charge in [0.15, 0.2) is 17.0 Å². The second-order valence-electron chi connectivity index (χ2n) is 6.75. The molecule has 1 aliphatic heterocycles. The number of hydrogen-bond donors (Lipinski definition) is 4. The molecule has 2 aromatic carbocycles. The summed E-state index contributed by atoms with van der Waals surface area (Å²) in [5.41, 5.74) is 5.07. The van der Waals surface area contributed by atoms with Crippen LogP contribution >= 0.6 is 11.6 Å². The Morgan fingerprint density at radius 3 is 2.28 bits per heavy atom. The molecule has 3 amide bonds. The van der Waals surface area contributed by atoms with Gasteiger partial charge in [-0.25, -0.2) is 0 Å². The summed E-state index contributed by atoms with van der Waals surface area (Å²) in [6.45, 7) is 0.0575. The van der Waals surface area contributed by atoms with Gasteiger partial charge in [0, 0.05) is 18.8 Å². The van der Waals surface area contributed by atoms with Gasteiger partial charge in [0.25, 0.3) is 11.8 Å². The smallest absolute Gasteiger partial charge is 0.267 e. The lowest BCUT2D eigenvalue weighted by Gasteiger charge is -2.27. The minimum atomic E-state index is -1.57. The lowest BCUT2D eigenvalue weighted by atomic mass is 9.84. The molecular formula is C21H22ClN5O5. The molecule has 0 spiro atoms. The maximum absolute atomic E-state index is 12.7. The van der Waals surface area contributed by atoms with Crippen molar-refractivity contribution < 1.29 is 23.9 Å². The van der Waals surface area contributed by atoms with E-state index in [4.69, 9.17) is 26.8 Å². The Kier molecular flexibility index (Phi) is 6.66. The van der Waals surface area contributed by atoms with Crippen molar-refractivity contribution in [3.8, 4) is 11.5 Å². The van der Waals surface area contributed by atoms with Crippen molar-refractivity contribution in [3.63, 3.8) is 0 Å². The average molecular weight is 460 g/mol. The summed E-state index contributed by atoms with van der Waals surface area (Å²) >= 11 is 6.22. The zero-order chi connectivity index (χ0) is 23.5. The summed E-state index contributed by atoms with van der Waals surface area (Å²) in [5.74, 6) is -1.01. The number of nitrogens with one attached hydrogen (secondary N) is 3. The Morgan fingerprint density at radius 2 is 1.72 bits per heavy atom. The first kappa shape index (κ1) is 23.0. The number of anilines is 1. The fourth-order valence-electron chi connectivity index (χ4n) is 3.42. The highest BCUT2D eigenvalue weighted by atomic mass is 35.5. The lowest BCUT2D eigenvalue weighted by Crippen LogP contribution is -2.58. The lowest BCUT2D eigenvalue weighted by molar-refractivity contribution is -0.123. The number of rotatable bonds is 7. The van der Waals surface area contributed by atoms with Crippen LogP contribution in [0, 0.1) is 0 Å². The molecule has 11 heteroatoms. The van der Waals surface area contributed by atoms with Crippen LogP contribution in [0.1, 0.15) is 15.9 Å². The van der Waals surface area contributed by atoms with E-state index >= 15 is 0 Å². The molecule has 0 saturated carbocycles. The van der Waals surface area contributed by atoms with Crippen LogP contribution in [0.5, 0.6) is 11.5 Å². The normalized spacial score (nSPS) is 17.3. The average Bonchev–Trinajstić information content (AvgIpc) is 3.25. The number of methoxy groups -OCH3 is 2. The van der Waals surface area contributed by atoms with Gasteiger partial charge >= 0.3 is 0 Å². The standard InChI is InChI=1S/C21H22ClN5O5/c1-24-19(29)17-21(20(23)30,26-10-25-17)11-4-6-12(7-5-11)27-18(28)13-8-15(31-2)16(32-3)9-14(13)22/h4-9,26H,10H2,1-3H3,(H2,23,30)(H,24,29)(H,27,28). The van der Waals surface area contributed by atoms with Crippen LogP contribution in [-0.4, -0.2) is 51.4 Å². The summed E-state index contributed by atoms with van der Waals surface area (Å²) in [5, 5.41) is 8.27. The highest BCUT2D eigenvalue weighted by molar-refractivity contribution is 6.47. The highest BCUT2D eigenvalue weighted by Gasteiger charge is 2.49. The van der Waals surface area contributed by atoms with Crippen LogP contribution in [0.15, 0.2) is 41.4 Å². The first-order valence-corrected chi connectivity index (χ1v) is 9.81. The molecule has 10 nitrogen and oxygen atoms in total. The predicted molar refractivity (Wildman–Crippen MR) is 119 cm³/mol. The number of amides is 3. The molecule has 0 aromatic heterocycles. The molecule has 32 heavy (non-hydrogen) atoms. The number of hydrogen-bond acceptors (Lipinski definition) is 7. The van der Waals surface area contributed by atoms with Crippen molar-refractivity contribution in [2.45, 2.75) is 5.54 Å². The molecule has 0 radical (unpaired) electrons. The van der Waals surface area contributed by atoms with Crippen LogP contribution < -0.4 is 31.2 Å². The van der Waals surface area contributed by atoms with Crippen molar-refractivity contribution >= 4 is 40.7 Å². The fourth-order valence-corrected chi connectivity index (χ4v) is 3.65. The summed E-state index contributed by atoms with van der Waals surface area (Å²) in [6.07, 6.45) is 0. The minimum Gasteiger partial charge on any atom is -0.493 e. The largest absolute Gasteiger partial charge is 0.493 e. The van der Waals surface area contributed by atoms with Crippen molar-refractivity contribution in [3.05, 3.63) is 52.5 Å². The number of nitrogens with two attached hydrogens (primary N) is 1. The molecule has 0 aliphatic carbocycles. The van der Waals surface area contributed by atoms with E-state index in [0.717, 1.165) is 0 Å². The van der Waals surface area contributed by atoms with E-state index in [1.54, 1.807) is 24.3 Å². The van der Waals surface area contributed by atoms with Gasteiger partial charge in [-0.05, 0) is 23.8 Å². The van der Waals surface area contributed by atoms with Gasteiger partial charge in [0.05, 0.1) is 31.5 Å². The van der Waals surface area contributed by atoms with Crippen LogP contribution in [0.2, 0.25) is 5.02 Å². The number of benzene rings is 2. The Balaban J connectivity index is 1.88. The molecule has 1 atom stereocenters. The number of carbonyl (C=O) groups excluding carboxylic acids is 3. The first-order valence-electron chi connectivity index (χ1n) is 9.43. The van der Waals surface area contributed by atoms with Gasteiger partial charge in [-0.1, -0.05) is 23.7 Å². The van der Waals surface area contributed by atoms with Crippen molar-refractivity contribution in [2.24, 2.45) is 10.7 Å². The van der Waals surface area contributed by atoms with E-state index in [1.807, 2.05) is 0 Å². The molecule has 2 aromatic rings. The third-order valence-electron chi connectivity index (χ3n) is 5.04. The van der Waals surface area contributed by atoms with Gasteiger partial charge in [-0.3, -0.25) is 24.7 Å². The van der Waals surface area contributed by atoms with Crippen LogP contribution in [-0.2, 0) is 15.1 Å². The Morgan fingerprint density at radius 1 is 1.09 bits per heavy atom. The number of ether oxygens (including phenoxy) is 2. The molecule has 168 valence electrons. The van der Waals surface area contributed by atoms with Crippen molar-refractivity contribution in [1.29, 1.82) is 0 Å². The number of primary amides is 1. The van der Waals surface area contributed by atoms with Gasteiger partial charge < -0.3 is 25.8 Å². The molecule has 0 saturated heterocycles. The summed E-state index contributed by atoms with van der Waals surface area (Å²) in [7, 11) is 4.36. The maximum atomic E-state index is 12.7. The summed E-state index contributed by atoms with van der Waals surface area (Å²) in [6, 6.07) is 9.27. The number of nitrogens with zero attached hydrogens (tertiary/aromatic N) is 1. The molecule has 0 fully saturated rings. The van der Waals surface area contributed by atoms with Gasteiger partial charge in [0.1, 0.15) is 5.71 Å². The second kappa shape index (κ2) is 9.25. The Bertz CT molecular complexity index is 1100. The maximum Gasteiger partial charge on any atom is 0.267 e. The molecule has 3 rings (SSSR count). The van der Waals surface area contributed by atoms with E-state index in [1.165, 1.54) is 33.4 Å². The summed E-state index contributed by atoms with van der Waals surface area (Å²) in [4.78, 5) is 41.4. The fraction of sp³-hybridized carbons (Fsp3) is 0.238. The van der Waals surface area contributed by atoms with E-state index in [-0.39, 0.29) is 23.0 Å². The predicted octanol–water partition coefficient (Wildman–Crippen LogP) is 1.04. The second-order valence-corrected chi connectivity index (χ2v) is 7.16. The van der Waals surface area contributed by atoms with Crippen LogP contribution in [0.4, 0.5) is 5.69 Å². The molecule has 5 N–H and O–H groups in total. The Labute approximate surface area is 189 Å². The highest BCUT2D eigenvalue weighted by Crippen LogP contribution is 2.34. The quantitative estimate of drug-likeness (QED) is 0.487. The molecule has 0 bridgehead atoms. The zero-order valence-corrected chi connectivity index (χ0v) is 18.4. The number of aliphatic imine (C=N–C) groups is 1. The van der Waals surface area contributed by atoms with Gasteiger partial charge in [-0.2, -0.15) is 0 Å². The minimum absolute atomic E-state index is 0.0265.